The quantitative estimate of drug-likeness (QED) is 0.613. The van der Waals surface area contributed by atoms with Gasteiger partial charge in [0, 0.05) is 7.05 Å². The van der Waals surface area contributed by atoms with E-state index in [9.17, 15) is 4.79 Å². The van der Waals surface area contributed by atoms with Crippen LogP contribution in [0.5, 0.6) is 0 Å². The molecule has 0 aliphatic carbocycles. The van der Waals surface area contributed by atoms with E-state index in [1.54, 1.807) is 20.2 Å². The highest BCUT2D eigenvalue weighted by Gasteiger charge is 2.07. The van der Waals surface area contributed by atoms with E-state index in [0.29, 0.717) is 5.69 Å². The molecule has 0 unspecified atom stereocenters. The molecule has 0 bridgehead atoms. The van der Waals surface area contributed by atoms with Crippen molar-refractivity contribution in [3.63, 3.8) is 0 Å². The Morgan fingerprint density at radius 2 is 2.14 bits per heavy atom. The lowest BCUT2D eigenvalue weighted by atomic mass is 10.4. The molecule has 2 aromatic rings. The van der Waals surface area contributed by atoms with Gasteiger partial charge in [-0.3, -0.25) is 9.36 Å². The zero-order chi connectivity index (χ0) is 10.3. The van der Waals surface area contributed by atoms with Crippen molar-refractivity contribution in [1.82, 2.24) is 19.5 Å². The maximum Gasteiger partial charge on any atom is 0.282 e. The Bertz CT molecular complexity index is 559. The van der Waals surface area contributed by atoms with Crippen LogP contribution in [0.2, 0.25) is 0 Å². The Balaban J connectivity index is 2.99. The summed E-state index contributed by atoms with van der Waals surface area (Å²) in [6.45, 7) is 1.77. The van der Waals surface area contributed by atoms with Crippen LogP contribution in [0.15, 0.2) is 11.0 Å². The summed E-state index contributed by atoms with van der Waals surface area (Å²) in [4.78, 5) is 23.6. The Morgan fingerprint density at radius 3 is 2.86 bits per heavy atom. The number of rotatable bonds is 0. The minimum Gasteiger partial charge on any atom is -0.369 e. The largest absolute Gasteiger partial charge is 0.369 e. The van der Waals surface area contributed by atoms with Crippen LogP contribution in [0.3, 0.4) is 0 Å². The molecule has 0 aliphatic rings. The van der Waals surface area contributed by atoms with Gasteiger partial charge < -0.3 is 5.73 Å². The summed E-state index contributed by atoms with van der Waals surface area (Å²) < 4.78 is 1.25. The lowest BCUT2D eigenvalue weighted by Gasteiger charge is -2.03. The molecule has 2 N–H and O–H groups in total. The topological polar surface area (TPSA) is 86.7 Å². The highest BCUT2D eigenvalue weighted by atomic mass is 16.1. The second-order valence-corrected chi connectivity index (χ2v) is 3.02. The van der Waals surface area contributed by atoms with Gasteiger partial charge in [-0.15, -0.1) is 0 Å². The number of nitrogens with zero attached hydrogens (tertiary/aromatic N) is 4. The molecule has 0 radical (unpaired) electrons. The summed E-state index contributed by atoms with van der Waals surface area (Å²) in [5.41, 5.74) is 6.46. The highest BCUT2D eigenvalue weighted by molar-refractivity contribution is 5.69. The fraction of sp³-hybridized carbons (Fsp3) is 0.250. The van der Waals surface area contributed by atoms with Crippen molar-refractivity contribution in [3.05, 3.63) is 22.2 Å². The number of nitrogen functional groups attached to an aromatic ring is 1. The Labute approximate surface area is 79.4 Å². The predicted octanol–water partition coefficient (Wildman–Crippen LogP) is -0.386. The SMILES string of the molecule is Cc1cnc2nc(N)n(C)c(=O)c2n1. The van der Waals surface area contributed by atoms with Crippen LogP contribution in [0.4, 0.5) is 5.95 Å². The van der Waals surface area contributed by atoms with E-state index in [-0.39, 0.29) is 22.7 Å². The second kappa shape index (κ2) is 2.76. The van der Waals surface area contributed by atoms with Crippen molar-refractivity contribution in [2.24, 2.45) is 7.05 Å². The number of nitrogens with two attached hydrogens (primary N) is 1. The average molecular weight is 191 g/mol. The predicted molar refractivity (Wildman–Crippen MR) is 51.7 cm³/mol. The first-order chi connectivity index (χ1) is 6.59. The Kier molecular flexibility index (Phi) is 1.70. The smallest absolute Gasteiger partial charge is 0.282 e. The molecule has 2 aromatic heterocycles. The van der Waals surface area contributed by atoms with Gasteiger partial charge in [0.05, 0.1) is 11.9 Å². The maximum atomic E-state index is 11.6. The van der Waals surface area contributed by atoms with Crippen LogP contribution in [-0.2, 0) is 7.05 Å². The van der Waals surface area contributed by atoms with Crippen molar-refractivity contribution in [3.8, 4) is 0 Å². The van der Waals surface area contributed by atoms with E-state index in [2.05, 4.69) is 15.0 Å². The number of hydrogen-bond donors (Lipinski definition) is 1. The lowest BCUT2D eigenvalue weighted by Crippen LogP contribution is -2.22. The fourth-order valence-electron chi connectivity index (χ4n) is 1.14. The number of aromatic nitrogens is 4. The zero-order valence-corrected chi connectivity index (χ0v) is 7.85. The van der Waals surface area contributed by atoms with Gasteiger partial charge in [-0.1, -0.05) is 0 Å². The van der Waals surface area contributed by atoms with E-state index in [1.165, 1.54) is 4.57 Å². The molecule has 0 saturated carbocycles. The summed E-state index contributed by atoms with van der Waals surface area (Å²) in [5, 5.41) is 0. The molecule has 2 heterocycles. The molecule has 0 atom stereocenters. The van der Waals surface area contributed by atoms with Crippen LogP contribution in [-0.4, -0.2) is 19.5 Å². The minimum absolute atomic E-state index is 0.139. The van der Waals surface area contributed by atoms with Gasteiger partial charge >= 0.3 is 0 Å². The van der Waals surface area contributed by atoms with Crippen LogP contribution in [0.1, 0.15) is 5.69 Å². The van der Waals surface area contributed by atoms with Crippen molar-refractivity contribution in [1.29, 1.82) is 0 Å². The standard InChI is InChI=1S/C8H9N5O/c1-4-3-10-6-5(11-4)7(14)13(2)8(9)12-6/h3H,1-2H3,(H2,9,10,12). The van der Waals surface area contributed by atoms with Gasteiger partial charge in [0.1, 0.15) is 0 Å². The lowest BCUT2D eigenvalue weighted by molar-refractivity contribution is 0.851. The third-order valence-corrected chi connectivity index (χ3v) is 1.94. The van der Waals surface area contributed by atoms with E-state index in [0.717, 1.165) is 0 Å². The van der Waals surface area contributed by atoms with Gasteiger partial charge in [0.15, 0.2) is 11.2 Å². The van der Waals surface area contributed by atoms with Gasteiger partial charge in [-0.25, -0.2) is 9.97 Å². The van der Waals surface area contributed by atoms with E-state index >= 15 is 0 Å². The van der Waals surface area contributed by atoms with E-state index < -0.39 is 0 Å². The first kappa shape index (κ1) is 8.61. The summed E-state index contributed by atoms with van der Waals surface area (Å²) in [6.07, 6.45) is 1.55. The van der Waals surface area contributed by atoms with Crippen LogP contribution >= 0.6 is 0 Å². The molecule has 0 saturated heterocycles. The molecule has 0 amide bonds. The summed E-state index contributed by atoms with van der Waals surface area (Å²) in [7, 11) is 1.55. The zero-order valence-electron chi connectivity index (χ0n) is 7.85. The molecule has 2 rings (SSSR count). The summed E-state index contributed by atoms with van der Waals surface area (Å²) in [5.74, 6) is 0.139. The number of hydrogen-bond acceptors (Lipinski definition) is 5. The van der Waals surface area contributed by atoms with E-state index in [1.807, 2.05) is 0 Å². The molecule has 6 nitrogen and oxygen atoms in total. The third kappa shape index (κ3) is 1.12. The van der Waals surface area contributed by atoms with Crippen molar-refractivity contribution < 1.29 is 0 Å². The normalized spacial score (nSPS) is 10.7. The number of aryl methyl sites for hydroxylation is 1. The molecule has 0 aromatic carbocycles. The monoisotopic (exact) mass is 191 g/mol. The fourth-order valence-corrected chi connectivity index (χ4v) is 1.14. The molecule has 0 spiro atoms. The molecule has 6 heteroatoms. The third-order valence-electron chi connectivity index (χ3n) is 1.94. The van der Waals surface area contributed by atoms with E-state index in [4.69, 9.17) is 5.73 Å². The summed E-state index contributed by atoms with van der Waals surface area (Å²) in [6, 6.07) is 0. The Morgan fingerprint density at radius 1 is 1.43 bits per heavy atom. The molecular weight excluding hydrogens is 182 g/mol. The van der Waals surface area contributed by atoms with Gasteiger partial charge in [-0.05, 0) is 6.92 Å². The van der Waals surface area contributed by atoms with Crippen LogP contribution < -0.4 is 11.3 Å². The van der Waals surface area contributed by atoms with Crippen LogP contribution in [0.25, 0.3) is 11.2 Å². The number of anilines is 1. The first-order valence-electron chi connectivity index (χ1n) is 4.05. The molecule has 0 fully saturated rings. The van der Waals surface area contributed by atoms with Crippen LogP contribution in [0, 0.1) is 6.92 Å². The van der Waals surface area contributed by atoms with Gasteiger partial charge in [0.2, 0.25) is 5.95 Å². The maximum absolute atomic E-state index is 11.6. The molecule has 72 valence electrons. The average Bonchev–Trinajstić information content (AvgIpc) is 2.16. The molecular formula is C8H9N5O. The van der Waals surface area contributed by atoms with Crippen molar-refractivity contribution in [2.45, 2.75) is 6.92 Å². The molecule has 0 aliphatic heterocycles. The number of fused-ring (bicyclic) bond motifs is 1. The van der Waals surface area contributed by atoms with Gasteiger partial charge in [-0.2, -0.15) is 4.98 Å². The van der Waals surface area contributed by atoms with Crippen molar-refractivity contribution >= 4 is 17.1 Å². The Hall–Kier alpha value is -1.98. The summed E-state index contributed by atoms with van der Waals surface area (Å²) >= 11 is 0. The van der Waals surface area contributed by atoms with Gasteiger partial charge in [0.25, 0.3) is 5.56 Å². The molecule has 14 heavy (non-hydrogen) atoms. The first-order valence-corrected chi connectivity index (χ1v) is 4.05. The minimum atomic E-state index is -0.274. The van der Waals surface area contributed by atoms with Crippen molar-refractivity contribution in [2.75, 3.05) is 5.73 Å². The highest BCUT2D eigenvalue weighted by Crippen LogP contribution is 2.03. The second-order valence-electron chi connectivity index (χ2n) is 3.02.